The van der Waals surface area contributed by atoms with Crippen LogP contribution in [-0.2, 0) is 0 Å². The first-order valence-corrected chi connectivity index (χ1v) is 6.80. The highest BCUT2D eigenvalue weighted by atomic mass is 35.5. The molecule has 1 aliphatic rings. The minimum absolute atomic E-state index is 0.425. The molecule has 1 aliphatic heterocycles. The Hall–Kier alpha value is -2.08. The SMILES string of the molecule is Nc1cc(Cl)nc(N2CCN(c3ncccn3)CC2)c1. The largest absolute Gasteiger partial charge is 0.399 e. The summed E-state index contributed by atoms with van der Waals surface area (Å²) in [6.07, 6.45) is 3.52. The van der Waals surface area contributed by atoms with Crippen molar-refractivity contribution in [3.63, 3.8) is 0 Å². The second-order valence-corrected chi connectivity index (χ2v) is 4.99. The molecule has 3 rings (SSSR count). The molecule has 0 saturated carbocycles. The molecule has 0 unspecified atom stereocenters. The smallest absolute Gasteiger partial charge is 0.225 e. The first-order valence-electron chi connectivity index (χ1n) is 6.42. The average molecular weight is 291 g/mol. The van der Waals surface area contributed by atoms with Gasteiger partial charge < -0.3 is 15.5 Å². The third-order valence-corrected chi connectivity index (χ3v) is 3.44. The summed E-state index contributed by atoms with van der Waals surface area (Å²) >= 11 is 5.95. The molecule has 0 amide bonds. The molecule has 20 heavy (non-hydrogen) atoms. The second-order valence-electron chi connectivity index (χ2n) is 4.60. The minimum Gasteiger partial charge on any atom is -0.399 e. The van der Waals surface area contributed by atoms with Gasteiger partial charge in [0.2, 0.25) is 5.95 Å². The van der Waals surface area contributed by atoms with Gasteiger partial charge in [-0.15, -0.1) is 0 Å². The summed E-state index contributed by atoms with van der Waals surface area (Å²) in [6.45, 7) is 3.37. The van der Waals surface area contributed by atoms with Crippen LogP contribution in [0.3, 0.4) is 0 Å². The molecule has 2 N–H and O–H groups in total. The molecular formula is C13H15ClN6. The van der Waals surface area contributed by atoms with Crippen LogP contribution in [0.5, 0.6) is 0 Å². The monoisotopic (exact) mass is 290 g/mol. The average Bonchev–Trinajstić information content (AvgIpc) is 2.47. The lowest BCUT2D eigenvalue weighted by molar-refractivity contribution is 0.635. The molecule has 0 aromatic carbocycles. The van der Waals surface area contributed by atoms with Crippen molar-refractivity contribution < 1.29 is 0 Å². The molecule has 3 heterocycles. The summed E-state index contributed by atoms with van der Waals surface area (Å²) < 4.78 is 0. The zero-order chi connectivity index (χ0) is 13.9. The predicted octanol–water partition coefficient (Wildman–Crippen LogP) is 1.43. The number of anilines is 3. The number of halogens is 1. The van der Waals surface area contributed by atoms with E-state index in [0.717, 1.165) is 37.9 Å². The van der Waals surface area contributed by atoms with Crippen molar-refractivity contribution >= 4 is 29.1 Å². The molecule has 104 valence electrons. The molecule has 0 aliphatic carbocycles. The van der Waals surface area contributed by atoms with Gasteiger partial charge in [0, 0.05) is 50.3 Å². The number of aromatic nitrogens is 3. The molecular weight excluding hydrogens is 276 g/mol. The van der Waals surface area contributed by atoms with E-state index in [-0.39, 0.29) is 0 Å². The van der Waals surface area contributed by atoms with Crippen molar-refractivity contribution in [1.82, 2.24) is 15.0 Å². The van der Waals surface area contributed by atoms with E-state index in [0.29, 0.717) is 10.8 Å². The van der Waals surface area contributed by atoms with Crippen LogP contribution in [0.2, 0.25) is 5.15 Å². The quantitative estimate of drug-likeness (QED) is 0.844. The number of hydrogen-bond acceptors (Lipinski definition) is 6. The van der Waals surface area contributed by atoms with Gasteiger partial charge in [-0.2, -0.15) is 0 Å². The number of nitrogens with two attached hydrogens (primary N) is 1. The number of pyridine rings is 1. The van der Waals surface area contributed by atoms with E-state index in [1.54, 1.807) is 18.5 Å². The zero-order valence-corrected chi connectivity index (χ0v) is 11.7. The Kier molecular flexibility index (Phi) is 3.56. The van der Waals surface area contributed by atoms with Gasteiger partial charge in [-0.3, -0.25) is 0 Å². The topological polar surface area (TPSA) is 71.2 Å². The fraction of sp³-hybridized carbons (Fsp3) is 0.308. The lowest BCUT2D eigenvalue weighted by atomic mass is 10.3. The lowest BCUT2D eigenvalue weighted by Crippen LogP contribution is -2.47. The number of piperazine rings is 1. The van der Waals surface area contributed by atoms with Crippen LogP contribution in [0.15, 0.2) is 30.6 Å². The van der Waals surface area contributed by atoms with Crippen molar-refractivity contribution in [3.05, 3.63) is 35.7 Å². The lowest BCUT2D eigenvalue weighted by Gasteiger charge is -2.35. The summed E-state index contributed by atoms with van der Waals surface area (Å²) in [7, 11) is 0. The minimum atomic E-state index is 0.425. The Morgan fingerprint density at radius 3 is 2.30 bits per heavy atom. The molecule has 7 heteroatoms. The van der Waals surface area contributed by atoms with Crippen LogP contribution in [-0.4, -0.2) is 41.1 Å². The molecule has 0 bridgehead atoms. The molecule has 1 saturated heterocycles. The standard InChI is InChI=1S/C13H15ClN6/c14-11-8-10(15)9-12(18-11)19-4-6-20(7-5-19)13-16-2-1-3-17-13/h1-3,8-9H,4-7H2,(H2,15,18). The number of nitrogen functional groups attached to an aromatic ring is 1. The van der Waals surface area contributed by atoms with Crippen LogP contribution in [0, 0.1) is 0 Å². The first kappa shape index (κ1) is 12.9. The molecule has 2 aromatic heterocycles. The van der Waals surface area contributed by atoms with E-state index in [9.17, 15) is 0 Å². The maximum Gasteiger partial charge on any atom is 0.225 e. The van der Waals surface area contributed by atoms with Crippen molar-refractivity contribution in [1.29, 1.82) is 0 Å². The predicted molar refractivity (Wildman–Crippen MR) is 80.1 cm³/mol. The third-order valence-electron chi connectivity index (χ3n) is 3.24. The van der Waals surface area contributed by atoms with Gasteiger partial charge >= 0.3 is 0 Å². The first-order chi connectivity index (χ1) is 9.72. The number of hydrogen-bond donors (Lipinski definition) is 1. The molecule has 2 aromatic rings. The summed E-state index contributed by atoms with van der Waals surface area (Å²) in [4.78, 5) is 17.2. The molecule has 6 nitrogen and oxygen atoms in total. The van der Waals surface area contributed by atoms with Gasteiger partial charge in [-0.05, 0) is 12.1 Å². The van der Waals surface area contributed by atoms with E-state index in [1.807, 2.05) is 12.1 Å². The van der Waals surface area contributed by atoms with Gasteiger partial charge in [-0.25, -0.2) is 15.0 Å². The molecule has 0 radical (unpaired) electrons. The highest BCUT2D eigenvalue weighted by Crippen LogP contribution is 2.21. The Morgan fingerprint density at radius 2 is 1.65 bits per heavy atom. The van der Waals surface area contributed by atoms with Gasteiger partial charge in [0.15, 0.2) is 0 Å². The molecule has 1 fully saturated rings. The normalized spacial score (nSPS) is 15.4. The van der Waals surface area contributed by atoms with Gasteiger partial charge in [0.05, 0.1) is 0 Å². The van der Waals surface area contributed by atoms with Crippen LogP contribution < -0.4 is 15.5 Å². The van der Waals surface area contributed by atoms with Crippen molar-refractivity contribution in [3.8, 4) is 0 Å². The van der Waals surface area contributed by atoms with E-state index >= 15 is 0 Å². The van der Waals surface area contributed by atoms with Crippen molar-refractivity contribution in [2.75, 3.05) is 41.7 Å². The molecule has 0 atom stereocenters. The van der Waals surface area contributed by atoms with Crippen molar-refractivity contribution in [2.45, 2.75) is 0 Å². The highest BCUT2D eigenvalue weighted by molar-refractivity contribution is 6.29. The Bertz CT molecular complexity index is 562. The van der Waals surface area contributed by atoms with E-state index < -0.39 is 0 Å². The second kappa shape index (κ2) is 5.50. The number of rotatable bonds is 2. The van der Waals surface area contributed by atoms with Crippen LogP contribution >= 0.6 is 11.6 Å². The third kappa shape index (κ3) is 2.75. The highest BCUT2D eigenvalue weighted by Gasteiger charge is 2.20. The van der Waals surface area contributed by atoms with E-state index in [2.05, 4.69) is 24.8 Å². The Balaban J connectivity index is 1.69. The fourth-order valence-electron chi connectivity index (χ4n) is 2.25. The summed E-state index contributed by atoms with van der Waals surface area (Å²) in [5.74, 6) is 1.59. The van der Waals surface area contributed by atoms with Crippen molar-refractivity contribution in [2.24, 2.45) is 0 Å². The van der Waals surface area contributed by atoms with E-state index in [4.69, 9.17) is 17.3 Å². The van der Waals surface area contributed by atoms with Gasteiger partial charge in [-0.1, -0.05) is 11.6 Å². The summed E-state index contributed by atoms with van der Waals surface area (Å²) in [5, 5.41) is 0.425. The fourth-order valence-corrected chi connectivity index (χ4v) is 2.47. The number of nitrogens with zero attached hydrogens (tertiary/aromatic N) is 5. The van der Waals surface area contributed by atoms with E-state index in [1.165, 1.54) is 0 Å². The maximum atomic E-state index is 5.95. The molecule has 0 spiro atoms. The van der Waals surface area contributed by atoms with Gasteiger partial charge in [0.25, 0.3) is 0 Å². The maximum absolute atomic E-state index is 5.95. The van der Waals surface area contributed by atoms with Crippen LogP contribution in [0.25, 0.3) is 0 Å². The summed E-state index contributed by atoms with van der Waals surface area (Å²) in [5.41, 5.74) is 6.44. The van der Waals surface area contributed by atoms with Gasteiger partial charge in [0.1, 0.15) is 11.0 Å². The van der Waals surface area contributed by atoms with Crippen LogP contribution in [0.4, 0.5) is 17.5 Å². The Labute approximate surface area is 122 Å². The Morgan fingerprint density at radius 1 is 1.00 bits per heavy atom. The summed E-state index contributed by atoms with van der Waals surface area (Å²) in [6, 6.07) is 5.32. The zero-order valence-electron chi connectivity index (χ0n) is 10.9. The van der Waals surface area contributed by atoms with Crippen LogP contribution in [0.1, 0.15) is 0 Å².